The van der Waals surface area contributed by atoms with Gasteiger partial charge in [-0.15, -0.1) is 0 Å². The van der Waals surface area contributed by atoms with Crippen LogP contribution in [-0.4, -0.2) is 93.8 Å². The van der Waals surface area contributed by atoms with E-state index in [4.69, 9.17) is 33.5 Å². The maximum absolute atomic E-state index is 14.5. The van der Waals surface area contributed by atoms with Crippen molar-refractivity contribution in [2.24, 2.45) is 10.2 Å². The molecule has 2 heterocycles. The van der Waals surface area contributed by atoms with E-state index >= 15 is 0 Å². The van der Waals surface area contributed by atoms with Crippen LogP contribution in [0.5, 0.6) is 5.75 Å². The average molecular weight is 657 g/mol. The number of carbonyl (C=O) groups is 4. The van der Waals surface area contributed by atoms with Gasteiger partial charge in [-0.25, -0.2) is 23.8 Å². The van der Waals surface area contributed by atoms with Crippen LogP contribution in [0.15, 0.2) is 65.3 Å². The molecule has 15 heteroatoms. The van der Waals surface area contributed by atoms with E-state index in [0.717, 1.165) is 12.1 Å². The van der Waals surface area contributed by atoms with Gasteiger partial charge in [-0.3, -0.25) is 9.59 Å². The Balaban J connectivity index is 1.18. The number of carbonyl (C=O) groups excluding carboxylic acids is 4. The lowest BCUT2D eigenvalue weighted by molar-refractivity contribution is -0.330. The third-order valence-electron chi connectivity index (χ3n) is 6.63. The standard InChI is InChI=1S/C32H33FN2O12/c1-3-27(36)40-13-14-41-28(37)11-12-29(38)45-24-10-7-21(15-23(24)33)17-35-34-16-20-5-8-22(9-6-20)32(39)46-25-18-42-31-26(47-44-4-2)19-43-30(25)31/h3,5-10,15-17,25-26,30-31H,1,4,11-14,18-19H2,2H3/b34-16+,35-17+/t25?,26-,30-,31-/m1/s1. The van der Waals surface area contributed by atoms with Crippen LogP contribution in [0.25, 0.3) is 0 Å². The van der Waals surface area contributed by atoms with Gasteiger partial charge in [-0.05, 0) is 48.4 Å². The van der Waals surface area contributed by atoms with Gasteiger partial charge < -0.3 is 28.4 Å². The molecule has 250 valence electrons. The predicted octanol–water partition coefficient (Wildman–Crippen LogP) is 2.90. The molecule has 0 bridgehead atoms. The molecule has 2 saturated heterocycles. The van der Waals surface area contributed by atoms with Crippen molar-refractivity contribution in [3.63, 3.8) is 0 Å². The van der Waals surface area contributed by atoms with Gasteiger partial charge in [0.25, 0.3) is 0 Å². The Kier molecular flexibility index (Phi) is 13.2. The molecule has 2 aliphatic heterocycles. The molecular formula is C32H33FN2O12. The maximum atomic E-state index is 14.5. The first-order valence-corrected chi connectivity index (χ1v) is 14.6. The van der Waals surface area contributed by atoms with Crippen molar-refractivity contribution >= 4 is 36.3 Å². The van der Waals surface area contributed by atoms with Gasteiger partial charge in [-0.2, -0.15) is 10.2 Å². The van der Waals surface area contributed by atoms with E-state index in [9.17, 15) is 23.6 Å². The van der Waals surface area contributed by atoms with Gasteiger partial charge in [0.15, 0.2) is 17.7 Å². The Bertz CT molecular complexity index is 1480. The molecule has 0 saturated carbocycles. The highest BCUT2D eigenvalue weighted by Crippen LogP contribution is 2.31. The molecule has 4 rings (SSSR count). The first kappa shape index (κ1) is 35.0. The predicted molar refractivity (Wildman–Crippen MR) is 160 cm³/mol. The molecule has 0 N–H and O–H groups in total. The van der Waals surface area contributed by atoms with E-state index in [1.54, 1.807) is 31.2 Å². The molecule has 47 heavy (non-hydrogen) atoms. The van der Waals surface area contributed by atoms with E-state index < -0.39 is 41.9 Å². The average Bonchev–Trinajstić information content (AvgIpc) is 3.67. The quantitative estimate of drug-likeness (QED) is 0.0380. The SMILES string of the molecule is C=CC(=O)OCCOC(=O)CCC(=O)Oc1ccc(/C=N/N=C/c2ccc(C(=O)OC3CO[C@H]4[C@@H]3OC[C@H]4OOCC)cc2)cc1F. The summed E-state index contributed by atoms with van der Waals surface area (Å²) in [5.41, 5.74) is 1.32. The van der Waals surface area contributed by atoms with Crippen molar-refractivity contribution in [1.29, 1.82) is 0 Å². The first-order valence-electron chi connectivity index (χ1n) is 14.6. The number of hydrogen-bond donors (Lipinski definition) is 0. The monoisotopic (exact) mass is 656 g/mol. The van der Waals surface area contributed by atoms with E-state index in [1.165, 1.54) is 24.6 Å². The van der Waals surface area contributed by atoms with Crippen molar-refractivity contribution in [1.82, 2.24) is 0 Å². The smallest absolute Gasteiger partial charge is 0.338 e. The minimum absolute atomic E-state index is 0.152. The zero-order valence-corrected chi connectivity index (χ0v) is 25.4. The summed E-state index contributed by atoms with van der Waals surface area (Å²) in [6, 6.07) is 10.3. The molecule has 2 aliphatic rings. The van der Waals surface area contributed by atoms with Crippen LogP contribution >= 0.6 is 0 Å². The third-order valence-corrected chi connectivity index (χ3v) is 6.63. The fourth-order valence-electron chi connectivity index (χ4n) is 4.37. The number of nitrogens with zero attached hydrogens (tertiary/aromatic N) is 2. The highest BCUT2D eigenvalue weighted by molar-refractivity contribution is 5.91. The number of fused-ring (bicyclic) bond motifs is 1. The molecule has 2 aromatic rings. The summed E-state index contributed by atoms with van der Waals surface area (Å²) >= 11 is 0. The van der Waals surface area contributed by atoms with E-state index in [1.807, 2.05) is 0 Å². The molecule has 0 aromatic heterocycles. The third kappa shape index (κ3) is 10.6. The number of ether oxygens (including phenoxy) is 6. The highest BCUT2D eigenvalue weighted by Gasteiger charge is 2.50. The fraction of sp³-hybridized carbons (Fsp3) is 0.375. The molecule has 0 amide bonds. The van der Waals surface area contributed by atoms with E-state index in [-0.39, 0.29) is 57.2 Å². The first-order chi connectivity index (χ1) is 22.8. The molecule has 2 aromatic carbocycles. The lowest BCUT2D eigenvalue weighted by Gasteiger charge is -2.17. The summed E-state index contributed by atoms with van der Waals surface area (Å²) in [4.78, 5) is 57.5. The lowest BCUT2D eigenvalue weighted by Crippen LogP contribution is -2.35. The zero-order chi connectivity index (χ0) is 33.6. The van der Waals surface area contributed by atoms with Gasteiger partial charge in [0.1, 0.15) is 31.5 Å². The van der Waals surface area contributed by atoms with Gasteiger partial charge in [-0.1, -0.05) is 18.7 Å². The topological polar surface area (TPSA) is 167 Å². The van der Waals surface area contributed by atoms with Crippen LogP contribution in [0.3, 0.4) is 0 Å². The van der Waals surface area contributed by atoms with Crippen LogP contribution in [-0.2, 0) is 47.8 Å². The second-order valence-corrected chi connectivity index (χ2v) is 9.95. The Hall–Kier alpha value is -4.83. The summed E-state index contributed by atoms with van der Waals surface area (Å²) in [5, 5.41) is 7.82. The Morgan fingerprint density at radius 3 is 2.23 bits per heavy atom. The number of rotatable bonds is 16. The zero-order valence-electron chi connectivity index (χ0n) is 25.4. The van der Waals surface area contributed by atoms with Gasteiger partial charge in [0.05, 0.1) is 50.7 Å². The molecule has 0 radical (unpaired) electrons. The van der Waals surface area contributed by atoms with Gasteiger partial charge >= 0.3 is 23.9 Å². The Morgan fingerprint density at radius 2 is 1.53 bits per heavy atom. The molecule has 14 nitrogen and oxygen atoms in total. The summed E-state index contributed by atoms with van der Waals surface area (Å²) < 4.78 is 45.9. The molecule has 2 fully saturated rings. The van der Waals surface area contributed by atoms with Crippen molar-refractivity contribution in [2.75, 3.05) is 33.0 Å². The largest absolute Gasteiger partial charge is 0.462 e. The van der Waals surface area contributed by atoms with Crippen molar-refractivity contribution in [3.05, 3.63) is 77.6 Å². The molecule has 0 spiro atoms. The maximum Gasteiger partial charge on any atom is 0.338 e. The van der Waals surface area contributed by atoms with E-state index in [0.29, 0.717) is 23.3 Å². The van der Waals surface area contributed by atoms with Gasteiger partial charge in [0, 0.05) is 6.08 Å². The molecule has 1 unspecified atom stereocenters. The van der Waals surface area contributed by atoms with E-state index in [2.05, 4.69) is 21.5 Å². The Morgan fingerprint density at radius 1 is 0.894 bits per heavy atom. The number of benzene rings is 2. The van der Waals surface area contributed by atoms with Crippen LogP contribution < -0.4 is 4.74 Å². The highest BCUT2D eigenvalue weighted by atomic mass is 19.1. The minimum atomic E-state index is -0.838. The molecule has 0 aliphatic carbocycles. The van der Waals surface area contributed by atoms with Crippen molar-refractivity contribution in [2.45, 2.75) is 44.2 Å². The summed E-state index contributed by atoms with van der Waals surface area (Å²) in [6.07, 6.45) is 1.28. The minimum Gasteiger partial charge on any atom is -0.462 e. The van der Waals surface area contributed by atoms with Crippen LogP contribution in [0.2, 0.25) is 0 Å². The normalized spacial score (nSPS) is 20.2. The summed E-state index contributed by atoms with van der Waals surface area (Å²) in [6.45, 7) is 5.55. The number of halogens is 1. The number of hydrogen-bond acceptors (Lipinski definition) is 14. The van der Waals surface area contributed by atoms with Gasteiger partial charge in [0.2, 0.25) is 0 Å². The van der Waals surface area contributed by atoms with Crippen molar-refractivity contribution in [3.8, 4) is 5.75 Å². The molecule has 4 atom stereocenters. The second-order valence-electron chi connectivity index (χ2n) is 9.95. The molecular weight excluding hydrogens is 623 g/mol. The van der Waals surface area contributed by atoms with Crippen molar-refractivity contribution < 1.29 is 61.8 Å². The summed E-state index contributed by atoms with van der Waals surface area (Å²) in [5.74, 6) is -3.88. The second kappa shape index (κ2) is 17.8. The lowest BCUT2D eigenvalue weighted by atomic mass is 10.1. The van der Waals surface area contributed by atoms with Crippen LogP contribution in [0.4, 0.5) is 4.39 Å². The van der Waals surface area contributed by atoms with Crippen LogP contribution in [0, 0.1) is 5.82 Å². The fourth-order valence-corrected chi connectivity index (χ4v) is 4.37. The van der Waals surface area contributed by atoms with Crippen LogP contribution in [0.1, 0.15) is 41.3 Å². The Labute approximate surface area is 268 Å². The number of esters is 4. The summed E-state index contributed by atoms with van der Waals surface area (Å²) in [7, 11) is 0.